The number of aryl methyl sites for hydroxylation is 3. The van der Waals surface area contributed by atoms with E-state index < -0.39 is 0 Å². The molecule has 0 saturated carbocycles. The smallest absolute Gasteiger partial charge is 0.110 e. The number of nitrogens with one attached hydrogen (secondary N) is 1. The van der Waals surface area contributed by atoms with E-state index in [1.807, 2.05) is 30.3 Å². The van der Waals surface area contributed by atoms with Gasteiger partial charge in [0.1, 0.15) is 5.82 Å². The second-order valence-electron chi connectivity index (χ2n) is 5.34. The van der Waals surface area contributed by atoms with E-state index in [1.165, 1.54) is 5.56 Å². The summed E-state index contributed by atoms with van der Waals surface area (Å²) >= 11 is 0. The highest BCUT2D eigenvalue weighted by Crippen LogP contribution is 2.01. The van der Waals surface area contributed by atoms with E-state index in [0.29, 0.717) is 5.92 Å². The summed E-state index contributed by atoms with van der Waals surface area (Å²) in [5, 5.41) is 7.81. The molecule has 0 spiro atoms. The molecule has 0 aromatic carbocycles. The standard InChI is InChI=1S/C14H23N5/c1-12(2)8-15-9-13-10-17-19(11-13)6-4-14-16-5-7-18(14)3/h5,7,10-12,15H,4,6,8-9H2,1-3H3. The highest BCUT2D eigenvalue weighted by atomic mass is 15.3. The van der Waals surface area contributed by atoms with Gasteiger partial charge in [-0.3, -0.25) is 4.68 Å². The van der Waals surface area contributed by atoms with Crippen LogP contribution in [0.1, 0.15) is 25.2 Å². The van der Waals surface area contributed by atoms with E-state index >= 15 is 0 Å². The molecular weight excluding hydrogens is 238 g/mol. The molecule has 0 unspecified atom stereocenters. The van der Waals surface area contributed by atoms with Crippen molar-refractivity contribution in [2.75, 3.05) is 6.54 Å². The van der Waals surface area contributed by atoms with Gasteiger partial charge in [0.05, 0.1) is 6.20 Å². The minimum Gasteiger partial charge on any atom is -0.338 e. The fraction of sp³-hybridized carbons (Fsp3) is 0.571. The zero-order valence-electron chi connectivity index (χ0n) is 12.0. The molecule has 0 aliphatic carbocycles. The van der Waals surface area contributed by atoms with Crippen molar-refractivity contribution in [1.29, 1.82) is 0 Å². The molecular formula is C14H23N5. The first kappa shape index (κ1) is 13.8. The Bertz CT molecular complexity index is 497. The largest absolute Gasteiger partial charge is 0.338 e. The van der Waals surface area contributed by atoms with Crippen LogP contribution >= 0.6 is 0 Å². The predicted octanol–water partition coefficient (Wildman–Crippen LogP) is 1.60. The maximum Gasteiger partial charge on any atom is 0.110 e. The molecule has 2 rings (SSSR count). The first-order chi connectivity index (χ1) is 9.15. The Morgan fingerprint density at radius 3 is 2.89 bits per heavy atom. The van der Waals surface area contributed by atoms with Crippen LogP contribution in [0.4, 0.5) is 0 Å². The average Bonchev–Trinajstić information content (AvgIpc) is 2.95. The maximum atomic E-state index is 4.38. The van der Waals surface area contributed by atoms with Gasteiger partial charge in [0.15, 0.2) is 0 Å². The minimum absolute atomic E-state index is 0.679. The lowest BCUT2D eigenvalue weighted by atomic mass is 10.2. The van der Waals surface area contributed by atoms with E-state index in [-0.39, 0.29) is 0 Å². The summed E-state index contributed by atoms with van der Waals surface area (Å²) in [7, 11) is 2.02. The highest BCUT2D eigenvalue weighted by molar-refractivity contribution is 5.03. The Kier molecular flexibility index (Phi) is 4.74. The minimum atomic E-state index is 0.679. The number of aromatic nitrogens is 4. The molecule has 0 atom stereocenters. The van der Waals surface area contributed by atoms with Crippen LogP contribution < -0.4 is 5.32 Å². The monoisotopic (exact) mass is 261 g/mol. The lowest BCUT2D eigenvalue weighted by Gasteiger charge is -2.05. The summed E-state index contributed by atoms with van der Waals surface area (Å²) in [4.78, 5) is 4.32. The second-order valence-corrected chi connectivity index (χ2v) is 5.34. The zero-order chi connectivity index (χ0) is 13.7. The summed E-state index contributed by atoms with van der Waals surface area (Å²) < 4.78 is 4.04. The number of imidazole rings is 1. The van der Waals surface area contributed by atoms with Crippen molar-refractivity contribution < 1.29 is 0 Å². The molecule has 2 aromatic heterocycles. The lowest BCUT2D eigenvalue weighted by Crippen LogP contribution is -2.18. The quantitative estimate of drug-likeness (QED) is 0.823. The average molecular weight is 261 g/mol. The van der Waals surface area contributed by atoms with E-state index in [2.05, 4.69) is 40.0 Å². The number of hydrogen-bond donors (Lipinski definition) is 1. The molecule has 0 aliphatic rings. The Balaban J connectivity index is 1.79. The van der Waals surface area contributed by atoms with Gasteiger partial charge >= 0.3 is 0 Å². The summed E-state index contributed by atoms with van der Waals surface area (Å²) in [5.41, 5.74) is 1.24. The van der Waals surface area contributed by atoms with Crippen molar-refractivity contribution in [1.82, 2.24) is 24.6 Å². The van der Waals surface area contributed by atoms with Crippen LogP contribution in [0, 0.1) is 5.92 Å². The van der Waals surface area contributed by atoms with E-state index in [0.717, 1.165) is 31.9 Å². The van der Waals surface area contributed by atoms with Crippen LogP contribution in [0.2, 0.25) is 0 Å². The molecule has 5 nitrogen and oxygen atoms in total. The molecule has 5 heteroatoms. The predicted molar refractivity (Wildman–Crippen MR) is 75.7 cm³/mol. The SMILES string of the molecule is CC(C)CNCc1cnn(CCc2nccn2C)c1. The van der Waals surface area contributed by atoms with Gasteiger partial charge < -0.3 is 9.88 Å². The number of rotatable bonds is 7. The van der Waals surface area contributed by atoms with Gasteiger partial charge in [-0.05, 0) is 12.5 Å². The fourth-order valence-corrected chi connectivity index (χ4v) is 1.98. The Morgan fingerprint density at radius 1 is 1.37 bits per heavy atom. The summed E-state index contributed by atoms with van der Waals surface area (Å²) in [6.45, 7) is 7.22. The summed E-state index contributed by atoms with van der Waals surface area (Å²) in [6, 6.07) is 0. The maximum absolute atomic E-state index is 4.38. The topological polar surface area (TPSA) is 47.7 Å². The van der Waals surface area contributed by atoms with E-state index in [1.54, 1.807) is 0 Å². The number of nitrogens with zero attached hydrogens (tertiary/aromatic N) is 4. The van der Waals surface area contributed by atoms with Gasteiger partial charge in [-0.2, -0.15) is 5.10 Å². The van der Waals surface area contributed by atoms with Gasteiger partial charge in [-0.1, -0.05) is 13.8 Å². The second kappa shape index (κ2) is 6.52. The van der Waals surface area contributed by atoms with Gasteiger partial charge in [0, 0.05) is 50.7 Å². The molecule has 0 aliphatic heterocycles. The van der Waals surface area contributed by atoms with Crippen LogP contribution in [0.5, 0.6) is 0 Å². The molecule has 0 radical (unpaired) electrons. The highest BCUT2D eigenvalue weighted by Gasteiger charge is 2.02. The van der Waals surface area contributed by atoms with Crippen molar-refractivity contribution in [2.24, 2.45) is 13.0 Å². The Hall–Kier alpha value is -1.62. The molecule has 0 saturated heterocycles. The molecule has 2 heterocycles. The molecule has 0 fully saturated rings. The van der Waals surface area contributed by atoms with Crippen LogP contribution in [0.3, 0.4) is 0 Å². The van der Waals surface area contributed by atoms with E-state index in [9.17, 15) is 0 Å². The van der Waals surface area contributed by atoms with Crippen molar-refractivity contribution in [3.63, 3.8) is 0 Å². The van der Waals surface area contributed by atoms with E-state index in [4.69, 9.17) is 0 Å². The van der Waals surface area contributed by atoms with Crippen LogP contribution in [-0.2, 0) is 26.6 Å². The van der Waals surface area contributed by atoms with Crippen LogP contribution in [0.15, 0.2) is 24.8 Å². The molecule has 1 N–H and O–H groups in total. The van der Waals surface area contributed by atoms with Crippen molar-refractivity contribution in [2.45, 2.75) is 33.4 Å². The molecule has 19 heavy (non-hydrogen) atoms. The summed E-state index contributed by atoms with van der Waals surface area (Å²) in [6.07, 6.45) is 8.76. The summed E-state index contributed by atoms with van der Waals surface area (Å²) in [5.74, 6) is 1.77. The van der Waals surface area contributed by atoms with Gasteiger partial charge in [-0.25, -0.2) is 4.98 Å². The zero-order valence-corrected chi connectivity index (χ0v) is 12.0. The third kappa shape index (κ3) is 4.21. The van der Waals surface area contributed by atoms with Crippen molar-refractivity contribution in [3.8, 4) is 0 Å². The first-order valence-electron chi connectivity index (χ1n) is 6.83. The third-order valence-corrected chi connectivity index (χ3v) is 3.05. The van der Waals surface area contributed by atoms with Crippen molar-refractivity contribution in [3.05, 3.63) is 36.2 Å². The van der Waals surface area contributed by atoms with Crippen molar-refractivity contribution >= 4 is 0 Å². The number of hydrogen-bond acceptors (Lipinski definition) is 3. The van der Waals surface area contributed by atoms with Crippen LogP contribution in [0.25, 0.3) is 0 Å². The third-order valence-electron chi connectivity index (χ3n) is 3.05. The molecule has 104 valence electrons. The fourth-order valence-electron chi connectivity index (χ4n) is 1.98. The van der Waals surface area contributed by atoms with Gasteiger partial charge in [0.2, 0.25) is 0 Å². The van der Waals surface area contributed by atoms with Gasteiger partial charge in [0.25, 0.3) is 0 Å². The molecule has 0 bridgehead atoms. The molecule has 2 aromatic rings. The lowest BCUT2D eigenvalue weighted by molar-refractivity contribution is 0.551. The first-order valence-corrected chi connectivity index (χ1v) is 6.83. The normalized spacial score (nSPS) is 11.4. The van der Waals surface area contributed by atoms with Gasteiger partial charge in [-0.15, -0.1) is 0 Å². The Labute approximate surface area is 114 Å². The van der Waals surface area contributed by atoms with Crippen LogP contribution in [-0.4, -0.2) is 25.9 Å². The Morgan fingerprint density at radius 2 is 2.21 bits per heavy atom. The molecule has 0 amide bonds.